The molecule has 0 radical (unpaired) electrons. The Morgan fingerprint density at radius 1 is 1.35 bits per heavy atom. The van der Waals surface area contributed by atoms with Crippen LogP contribution in [0, 0.1) is 0 Å². The van der Waals surface area contributed by atoms with Gasteiger partial charge in [-0.05, 0) is 48.9 Å². The van der Waals surface area contributed by atoms with E-state index < -0.39 is 0 Å². The molecular formula is C16H21NO3. The number of carbonyl (C=O) groups is 2. The molecule has 1 atom stereocenters. The van der Waals surface area contributed by atoms with Gasteiger partial charge < -0.3 is 10.5 Å². The van der Waals surface area contributed by atoms with Gasteiger partial charge >= 0.3 is 5.97 Å². The van der Waals surface area contributed by atoms with E-state index in [4.69, 9.17) is 10.5 Å². The first kappa shape index (κ1) is 14.6. The van der Waals surface area contributed by atoms with Crippen molar-refractivity contribution < 1.29 is 14.3 Å². The second-order valence-corrected chi connectivity index (χ2v) is 5.24. The fraction of sp³-hybridized carbons (Fsp3) is 0.500. The monoisotopic (exact) mass is 275 g/mol. The summed E-state index contributed by atoms with van der Waals surface area (Å²) in [6.07, 6.45) is 2.95. The minimum Gasteiger partial charge on any atom is -0.466 e. The van der Waals surface area contributed by atoms with Gasteiger partial charge in [-0.25, -0.2) is 0 Å². The number of rotatable bonds is 6. The van der Waals surface area contributed by atoms with Crippen LogP contribution in [0.1, 0.15) is 49.7 Å². The van der Waals surface area contributed by atoms with Crippen LogP contribution in [0.3, 0.4) is 0 Å². The zero-order valence-corrected chi connectivity index (χ0v) is 11.9. The number of fused-ring (bicyclic) bond motifs is 1. The first-order valence-electron chi connectivity index (χ1n) is 7.15. The van der Waals surface area contributed by atoms with Crippen LogP contribution in [0.5, 0.6) is 0 Å². The second kappa shape index (κ2) is 6.55. The van der Waals surface area contributed by atoms with Crippen molar-refractivity contribution in [2.24, 2.45) is 0 Å². The molecule has 0 unspecified atom stereocenters. The zero-order valence-electron chi connectivity index (χ0n) is 11.9. The van der Waals surface area contributed by atoms with E-state index in [2.05, 4.69) is 0 Å². The predicted octanol–water partition coefficient (Wildman–Crippen LogP) is 2.60. The maximum atomic E-state index is 12.0. The van der Waals surface area contributed by atoms with Crippen LogP contribution in [-0.2, 0) is 20.7 Å². The summed E-state index contributed by atoms with van der Waals surface area (Å²) in [7, 11) is 0. The van der Waals surface area contributed by atoms with Gasteiger partial charge in [-0.3, -0.25) is 9.59 Å². The summed E-state index contributed by atoms with van der Waals surface area (Å²) >= 11 is 0. The number of hydrogen-bond donors (Lipinski definition) is 1. The van der Waals surface area contributed by atoms with E-state index in [9.17, 15) is 9.59 Å². The van der Waals surface area contributed by atoms with Gasteiger partial charge in [-0.1, -0.05) is 6.07 Å². The standard InChI is InChI=1S/C16H21NO3/c1-2-20-16(19)8-6-14(18)10-12-4-3-11-9-13(17)5-7-15(11)12/h5,7,9,12H,2-4,6,8,10,17H2,1H3/t12-/m0/s1. The van der Waals surface area contributed by atoms with Crippen molar-refractivity contribution in [2.75, 3.05) is 12.3 Å². The topological polar surface area (TPSA) is 69.4 Å². The summed E-state index contributed by atoms with van der Waals surface area (Å²) in [5.41, 5.74) is 9.04. The molecule has 1 aliphatic carbocycles. The number of ketones is 1. The number of aryl methyl sites for hydroxylation is 1. The number of Topliss-reactive ketones (excluding diaryl/α,β-unsaturated/α-hetero) is 1. The lowest BCUT2D eigenvalue weighted by molar-refractivity contribution is -0.144. The lowest BCUT2D eigenvalue weighted by Gasteiger charge is -2.11. The second-order valence-electron chi connectivity index (χ2n) is 5.24. The van der Waals surface area contributed by atoms with Crippen molar-refractivity contribution in [3.05, 3.63) is 29.3 Å². The Balaban J connectivity index is 1.86. The molecule has 0 heterocycles. The Morgan fingerprint density at radius 2 is 2.15 bits per heavy atom. The summed E-state index contributed by atoms with van der Waals surface area (Å²) in [6, 6.07) is 5.92. The van der Waals surface area contributed by atoms with Gasteiger partial charge in [0, 0.05) is 18.5 Å². The molecule has 2 rings (SSSR count). The summed E-state index contributed by atoms with van der Waals surface area (Å²) in [5, 5.41) is 0. The molecule has 20 heavy (non-hydrogen) atoms. The molecule has 0 spiro atoms. The molecule has 0 fully saturated rings. The van der Waals surface area contributed by atoms with Crippen molar-refractivity contribution in [2.45, 2.75) is 44.9 Å². The Labute approximate surface area is 119 Å². The Morgan fingerprint density at radius 3 is 2.90 bits per heavy atom. The third-order valence-electron chi connectivity index (χ3n) is 3.76. The molecule has 0 bridgehead atoms. The molecule has 2 N–H and O–H groups in total. The maximum Gasteiger partial charge on any atom is 0.306 e. The Kier molecular flexibility index (Phi) is 4.77. The SMILES string of the molecule is CCOC(=O)CCC(=O)C[C@@H]1CCc2cc(N)ccc21. The number of nitrogens with two attached hydrogens (primary N) is 1. The Hall–Kier alpha value is -1.84. The summed E-state index contributed by atoms with van der Waals surface area (Å²) in [5.74, 6) is 0.119. The normalized spacial score (nSPS) is 16.8. The highest BCUT2D eigenvalue weighted by Crippen LogP contribution is 2.36. The van der Waals surface area contributed by atoms with Crippen molar-refractivity contribution in [3.8, 4) is 0 Å². The molecule has 0 saturated carbocycles. The number of nitrogen functional groups attached to an aromatic ring is 1. The first-order valence-corrected chi connectivity index (χ1v) is 7.15. The van der Waals surface area contributed by atoms with E-state index in [1.54, 1.807) is 6.92 Å². The van der Waals surface area contributed by atoms with E-state index in [0.29, 0.717) is 13.0 Å². The van der Waals surface area contributed by atoms with Gasteiger partial charge in [-0.15, -0.1) is 0 Å². The average Bonchev–Trinajstić information content (AvgIpc) is 2.79. The fourth-order valence-electron chi connectivity index (χ4n) is 2.79. The molecule has 1 aromatic rings. The van der Waals surface area contributed by atoms with Gasteiger partial charge in [-0.2, -0.15) is 0 Å². The van der Waals surface area contributed by atoms with Gasteiger partial charge in [0.05, 0.1) is 13.0 Å². The van der Waals surface area contributed by atoms with Crippen LogP contribution in [-0.4, -0.2) is 18.4 Å². The number of carbonyl (C=O) groups excluding carboxylic acids is 2. The van der Waals surface area contributed by atoms with E-state index in [-0.39, 0.29) is 30.5 Å². The fourth-order valence-corrected chi connectivity index (χ4v) is 2.79. The van der Waals surface area contributed by atoms with Gasteiger partial charge in [0.1, 0.15) is 5.78 Å². The van der Waals surface area contributed by atoms with Gasteiger partial charge in [0.2, 0.25) is 0 Å². The maximum absolute atomic E-state index is 12.0. The predicted molar refractivity (Wildman–Crippen MR) is 77.4 cm³/mol. The number of ether oxygens (including phenoxy) is 1. The average molecular weight is 275 g/mol. The van der Waals surface area contributed by atoms with Crippen molar-refractivity contribution in [1.82, 2.24) is 0 Å². The molecule has 4 heteroatoms. The van der Waals surface area contributed by atoms with Gasteiger partial charge in [0.15, 0.2) is 0 Å². The largest absolute Gasteiger partial charge is 0.466 e. The summed E-state index contributed by atoms with van der Waals surface area (Å²) in [6.45, 7) is 2.13. The third-order valence-corrected chi connectivity index (χ3v) is 3.76. The number of benzene rings is 1. The third kappa shape index (κ3) is 3.59. The highest BCUT2D eigenvalue weighted by atomic mass is 16.5. The van der Waals surface area contributed by atoms with Crippen LogP contribution in [0.2, 0.25) is 0 Å². The van der Waals surface area contributed by atoms with E-state index in [0.717, 1.165) is 18.5 Å². The van der Waals surface area contributed by atoms with Gasteiger partial charge in [0.25, 0.3) is 0 Å². The number of hydrogen-bond acceptors (Lipinski definition) is 4. The molecule has 1 aromatic carbocycles. The van der Waals surface area contributed by atoms with Crippen LogP contribution in [0.25, 0.3) is 0 Å². The van der Waals surface area contributed by atoms with E-state index in [1.807, 2.05) is 18.2 Å². The molecule has 0 aliphatic heterocycles. The highest BCUT2D eigenvalue weighted by Gasteiger charge is 2.24. The smallest absolute Gasteiger partial charge is 0.306 e. The molecule has 0 amide bonds. The lowest BCUT2D eigenvalue weighted by atomic mass is 9.94. The van der Waals surface area contributed by atoms with Crippen molar-refractivity contribution >= 4 is 17.4 Å². The zero-order chi connectivity index (χ0) is 14.5. The summed E-state index contributed by atoms with van der Waals surface area (Å²) in [4.78, 5) is 23.2. The minimum absolute atomic E-state index is 0.132. The van der Waals surface area contributed by atoms with Crippen molar-refractivity contribution in [1.29, 1.82) is 0 Å². The molecule has 0 aromatic heterocycles. The minimum atomic E-state index is -0.291. The number of anilines is 1. The van der Waals surface area contributed by atoms with E-state index in [1.165, 1.54) is 11.1 Å². The van der Waals surface area contributed by atoms with Crippen molar-refractivity contribution in [3.63, 3.8) is 0 Å². The van der Waals surface area contributed by atoms with Crippen LogP contribution in [0.15, 0.2) is 18.2 Å². The first-order chi connectivity index (χ1) is 9.60. The van der Waals surface area contributed by atoms with Crippen LogP contribution >= 0.6 is 0 Å². The Bertz CT molecular complexity index is 510. The molecular weight excluding hydrogens is 254 g/mol. The molecule has 4 nitrogen and oxygen atoms in total. The highest BCUT2D eigenvalue weighted by molar-refractivity contribution is 5.83. The molecule has 108 valence electrons. The number of esters is 1. The quantitative estimate of drug-likeness (QED) is 0.640. The summed E-state index contributed by atoms with van der Waals surface area (Å²) < 4.78 is 4.83. The molecule has 1 aliphatic rings. The molecule has 0 saturated heterocycles. The van der Waals surface area contributed by atoms with Crippen LogP contribution in [0.4, 0.5) is 5.69 Å². The lowest BCUT2D eigenvalue weighted by Crippen LogP contribution is -2.10. The van der Waals surface area contributed by atoms with E-state index >= 15 is 0 Å². The van der Waals surface area contributed by atoms with Crippen LogP contribution < -0.4 is 5.73 Å².